The number of aliphatic hydroxyl groups excluding tert-OH is 1. The lowest BCUT2D eigenvalue weighted by Crippen LogP contribution is -2.27. The molecule has 0 amide bonds. The Labute approximate surface area is 123 Å². The first-order valence-corrected chi connectivity index (χ1v) is 7.74. The topological polar surface area (TPSA) is 58.3 Å². The second-order valence-corrected chi connectivity index (χ2v) is 5.96. The van der Waals surface area contributed by atoms with Crippen molar-refractivity contribution in [3.05, 3.63) is 36.1 Å². The van der Waals surface area contributed by atoms with Crippen molar-refractivity contribution in [2.75, 3.05) is 6.54 Å². The summed E-state index contributed by atoms with van der Waals surface area (Å²) in [6.45, 7) is 9.06. The largest absolute Gasteiger partial charge is 0.374 e. The molecule has 1 rings (SSSR count). The van der Waals surface area contributed by atoms with Gasteiger partial charge in [-0.05, 0) is 62.6 Å². The summed E-state index contributed by atoms with van der Waals surface area (Å²) in [4.78, 5) is 0. The van der Waals surface area contributed by atoms with E-state index in [1.165, 1.54) is 18.4 Å². The number of rotatable bonds is 8. The quantitative estimate of drug-likeness (QED) is 0.363. The third-order valence-electron chi connectivity index (χ3n) is 3.93. The standard InChI is InChI=1S/C17H30N2O/c1-4-16(19-17(20)7-5-6-10-18)9-8-15-12-13(2)11-14(15)3/h4,8-9,13-14,17,19-20H,1,5-7,10-12,18H2,2-3H3/b15-8+,16-9+. The summed E-state index contributed by atoms with van der Waals surface area (Å²) in [5, 5.41) is 13.0. The van der Waals surface area contributed by atoms with E-state index in [2.05, 4.69) is 31.8 Å². The highest BCUT2D eigenvalue weighted by atomic mass is 16.3. The molecule has 0 saturated heterocycles. The maximum absolute atomic E-state index is 9.90. The van der Waals surface area contributed by atoms with Crippen LogP contribution in [0, 0.1) is 11.8 Å². The highest BCUT2D eigenvalue weighted by molar-refractivity contribution is 5.26. The molecular formula is C17H30N2O. The Balaban J connectivity index is 2.51. The summed E-state index contributed by atoms with van der Waals surface area (Å²) in [6, 6.07) is 0. The molecule has 1 aliphatic carbocycles. The predicted molar refractivity (Wildman–Crippen MR) is 86.0 cm³/mol. The van der Waals surface area contributed by atoms with E-state index in [0.717, 1.165) is 24.5 Å². The van der Waals surface area contributed by atoms with E-state index < -0.39 is 6.23 Å². The van der Waals surface area contributed by atoms with Gasteiger partial charge in [0.05, 0.1) is 0 Å². The smallest absolute Gasteiger partial charge is 0.124 e. The zero-order chi connectivity index (χ0) is 15.0. The Morgan fingerprint density at radius 2 is 2.25 bits per heavy atom. The van der Waals surface area contributed by atoms with Crippen molar-refractivity contribution in [2.24, 2.45) is 17.6 Å². The van der Waals surface area contributed by atoms with Gasteiger partial charge in [-0.2, -0.15) is 0 Å². The van der Waals surface area contributed by atoms with Crippen molar-refractivity contribution in [1.82, 2.24) is 5.32 Å². The Morgan fingerprint density at radius 1 is 1.50 bits per heavy atom. The Bertz CT molecular complexity index is 360. The fraction of sp³-hybridized carbons (Fsp3) is 0.647. The average molecular weight is 278 g/mol. The fourth-order valence-electron chi connectivity index (χ4n) is 2.79. The van der Waals surface area contributed by atoms with Crippen molar-refractivity contribution < 1.29 is 5.11 Å². The maximum Gasteiger partial charge on any atom is 0.124 e. The fourth-order valence-corrected chi connectivity index (χ4v) is 2.79. The van der Waals surface area contributed by atoms with E-state index in [-0.39, 0.29) is 0 Å². The molecule has 0 heterocycles. The minimum atomic E-state index is -0.524. The molecule has 1 saturated carbocycles. The van der Waals surface area contributed by atoms with Crippen LogP contribution in [0.15, 0.2) is 36.1 Å². The van der Waals surface area contributed by atoms with Crippen LogP contribution >= 0.6 is 0 Å². The van der Waals surface area contributed by atoms with Crippen LogP contribution in [0.2, 0.25) is 0 Å². The average Bonchev–Trinajstić information content (AvgIpc) is 2.73. The van der Waals surface area contributed by atoms with Crippen LogP contribution in [0.3, 0.4) is 0 Å². The van der Waals surface area contributed by atoms with Gasteiger partial charge in [-0.1, -0.05) is 32.1 Å². The first-order valence-electron chi connectivity index (χ1n) is 7.74. The molecule has 0 aromatic rings. The van der Waals surface area contributed by atoms with Gasteiger partial charge in [-0.25, -0.2) is 0 Å². The van der Waals surface area contributed by atoms with Crippen molar-refractivity contribution >= 4 is 0 Å². The van der Waals surface area contributed by atoms with Crippen LogP contribution in [0.5, 0.6) is 0 Å². The van der Waals surface area contributed by atoms with E-state index in [0.29, 0.717) is 18.9 Å². The number of aliphatic hydroxyl groups is 1. The lowest BCUT2D eigenvalue weighted by molar-refractivity contribution is 0.137. The minimum Gasteiger partial charge on any atom is -0.374 e. The number of unbranched alkanes of at least 4 members (excludes halogenated alkanes) is 1. The highest BCUT2D eigenvalue weighted by Gasteiger charge is 2.21. The number of hydrogen-bond acceptors (Lipinski definition) is 3. The lowest BCUT2D eigenvalue weighted by atomic mass is 10.0. The molecule has 20 heavy (non-hydrogen) atoms. The molecule has 0 aliphatic heterocycles. The van der Waals surface area contributed by atoms with Gasteiger partial charge in [0.25, 0.3) is 0 Å². The second-order valence-electron chi connectivity index (χ2n) is 5.96. The third-order valence-corrected chi connectivity index (χ3v) is 3.93. The zero-order valence-electron chi connectivity index (χ0n) is 12.9. The molecule has 0 spiro atoms. The van der Waals surface area contributed by atoms with E-state index in [1.54, 1.807) is 6.08 Å². The Morgan fingerprint density at radius 3 is 2.80 bits per heavy atom. The van der Waals surface area contributed by atoms with Crippen LogP contribution in [-0.4, -0.2) is 17.9 Å². The lowest BCUT2D eigenvalue weighted by Gasteiger charge is -2.14. The molecular weight excluding hydrogens is 248 g/mol. The van der Waals surface area contributed by atoms with Crippen molar-refractivity contribution in [3.8, 4) is 0 Å². The SMILES string of the molecule is C=C/C(=C\C=C1/CC(C)CC1C)NC(O)CCCCN. The maximum atomic E-state index is 9.90. The molecule has 1 aliphatic rings. The molecule has 0 bridgehead atoms. The molecule has 114 valence electrons. The molecule has 0 aromatic carbocycles. The number of nitrogens with one attached hydrogen (secondary N) is 1. The molecule has 0 aromatic heterocycles. The van der Waals surface area contributed by atoms with Gasteiger partial charge in [0, 0.05) is 5.70 Å². The summed E-state index contributed by atoms with van der Waals surface area (Å²) in [6.07, 6.45) is 10.5. The number of hydrogen-bond donors (Lipinski definition) is 3. The molecule has 4 N–H and O–H groups in total. The van der Waals surface area contributed by atoms with E-state index in [9.17, 15) is 5.11 Å². The van der Waals surface area contributed by atoms with Gasteiger partial charge in [-0.3, -0.25) is 0 Å². The van der Waals surface area contributed by atoms with Crippen LogP contribution in [0.1, 0.15) is 46.0 Å². The minimum absolute atomic E-state index is 0.524. The highest BCUT2D eigenvalue weighted by Crippen LogP contribution is 2.35. The van der Waals surface area contributed by atoms with Crippen LogP contribution in [-0.2, 0) is 0 Å². The normalized spacial score (nSPS) is 26.8. The summed E-state index contributed by atoms with van der Waals surface area (Å²) in [5.74, 6) is 1.45. The van der Waals surface area contributed by atoms with Crippen LogP contribution < -0.4 is 11.1 Å². The summed E-state index contributed by atoms with van der Waals surface area (Å²) >= 11 is 0. The molecule has 3 atom stereocenters. The number of nitrogens with two attached hydrogens (primary N) is 1. The summed E-state index contributed by atoms with van der Waals surface area (Å²) < 4.78 is 0. The Hall–Kier alpha value is -1.06. The van der Waals surface area contributed by atoms with Crippen molar-refractivity contribution in [1.29, 1.82) is 0 Å². The zero-order valence-corrected chi connectivity index (χ0v) is 12.9. The van der Waals surface area contributed by atoms with Crippen LogP contribution in [0.4, 0.5) is 0 Å². The monoisotopic (exact) mass is 278 g/mol. The Kier molecular flexibility index (Phi) is 7.63. The number of allylic oxidation sites excluding steroid dienone is 4. The van der Waals surface area contributed by atoms with Gasteiger partial charge >= 0.3 is 0 Å². The second kappa shape index (κ2) is 8.98. The first-order chi connectivity index (χ1) is 9.56. The predicted octanol–water partition coefficient (Wildman–Crippen LogP) is 3.09. The van der Waals surface area contributed by atoms with E-state index in [4.69, 9.17) is 5.73 Å². The molecule has 3 nitrogen and oxygen atoms in total. The van der Waals surface area contributed by atoms with Crippen LogP contribution in [0.25, 0.3) is 0 Å². The van der Waals surface area contributed by atoms with Gasteiger partial charge in [0.2, 0.25) is 0 Å². The molecule has 1 fully saturated rings. The van der Waals surface area contributed by atoms with E-state index in [1.807, 2.05) is 6.08 Å². The van der Waals surface area contributed by atoms with Gasteiger partial charge in [0.15, 0.2) is 0 Å². The van der Waals surface area contributed by atoms with E-state index >= 15 is 0 Å². The van der Waals surface area contributed by atoms with Gasteiger partial charge < -0.3 is 16.2 Å². The molecule has 3 unspecified atom stereocenters. The summed E-state index contributed by atoms with van der Waals surface area (Å²) in [5.41, 5.74) is 7.82. The molecule has 3 heteroatoms. The van der Waals surface area contributed by atoms with Gasteiger partial charge in [-0.15, -0.1) is 0 Å². The first kappa shape index (κ1) is 17.0. The molecule has 0 radical (unpaired) electrons. The van der Waals surface area contributed by atoms with Gasteiger partial charge in [0.1, 0.15) is 6.23 Å². The van der Waals surface area contributed by atoms with Crippen molar-refractivity contribution in [2.45, 2.75) is 52.2 Å². The summed E-state index contributed by atoms with van der Waals surface area (Å²) in [7, 11) is 0. The van der Waals surface area contributed by atoms with Crippen molar-refractivity contribution in [3.63, 3.8) is 0 Å². The third kappa shape index (κ3) is 5.93.